The molecular weight excluding hydrogens is 230 g/mol. The van der Waals surface area contributed by atoms with Gasteiger partial charge in [-0.05, 0) is 13.1 Å². The van der Waals surface area contributed by atoms with E-state index in [-0.39, 0.29) is 11.8 Å². The molecule has 6 heteroatoms. The van der Waals surface area contributed by atoms with Gasteiger partial charge in [-0.2, -0.15) is 0 Å². The van der Waals surface area contributed by atoms with E-state index in [0.29, 0.717) is 18.9 Å². The van der Waals surface area contributed by atoms with E-state index in [1.807, 2.05) is 26.1 Å². The smallest absolute Gasteiger partial charge is 0.223 e. The zero-order valence-electron chi connectivity index (χ0n) is 11.1. The molecule has 1 atom stereocenters. The van der Waals surface area contributed by atoms with Crippen molar-refractivity contribution in [3.63, 3.8) is 0 Å². The maximum Gasteiger partial charge on any atom is 0.223 e. The Labute approximate surface area is 108 Å². The molecule has 0 radical (unpaired) electrons. The highest BCUT2D eigenvalue weighted by Crippen LogP contribution is 2.12. The Bertz CT molecular complexity index is 396. The van der Waals surface area contributed by atoms with Crippen molar-refractivity contribution in [3.8, 4) is 0 Å². The number of hydrogen-bond acceptors (Lipinski definition) is 5. The predicted molar refractivity (Wildman–Crippen MR) is 71.6 cm³/mol. The minimum Gasteiger partial charge on any atom is -0.359 e. The molecule has 1 heterocycles. The molecule has 18 heavy (non-hydrogen) atoms. The zero-order valence-corrected chi connectivity index (χ0v) is 11.1. The molecule has 6 nitrogen and oxygen atoms in total. The van der Waals surface area contributed by atoms with Gasteiger partial charge in [0.15, 0.2) is 0 Å². The number of anilines is 1. The molecule has 0 aromatic carbocycles. The van der Waals surface area contributed by atoms with Gasteiger partial charge in [0.1, 0.15) is 5.82 Å². The minimum atomic E-state index is -0.0500. The monoisotopic (exact) mass is 251 g/mol. The Morgan fingerprint density at radius 3 is 2.94 bits per heavy atom. The summed E-state index contributed by atoms with van der Waals surface area (Å²) in [5.41, 5.74) is 3.58. The zero-order chi connectivity index (χ0) is 13.5. The summed E-state index contributed by atoms with van der Waals surface area (Å²) in [5.74, 6) is 6.06. The number of aromatic nitrogens is 1. The highest BCUT2D eigenvalue weighted by molar-refractivity contribution is 5.78. The summed E-state index contributed by atoms with van der Waals surface area (Å²) in [7, 11) is 3.61. The van der Waals surface area contributed by atoms with Crippen LogP contribution in [0.15, 0.2) is 18.3 Å². The molecule has 0 saturated carbocycles. The molecule has 0 spiro atoms. The van der Waals surface area contributed by atoms with Crippen LogP contribution in [0.2, 0.25) is 0 Å². The van der Waals surface area contributed by atoms with Gasteiger partial charge in [-0.25, -0.2) is 10.8 Å². The van der Waals surface area contributed by atoms with E-state index < -0.39 is 0 Å². The van der Waals surface area contributed by atoms with Crippen molar-refractivity contribution in [2.45, 2.75) is 13.5 Å². The molecule has 100 valence electrons. The number of pyridine rings is 1. The average molecular weight is 251 g/mol. The van der Waals surface area contributed by atoms with Crippen molar-refractivity contribution in [2.75, 3.05) is 26.1 Å². The van der Waals surface area contributed by atoms with Gasteiger partial charge < -0.3 is 15.6 Å². The molecule has 0 aliphatic heterocycles. The van der Waals surface area contributed by atoms with Crippen molar-refractivity contribution in [1.29, 1.82) is 0 Å². The highest BCUT2D eigenvalue weighted by Gasteiger charge is 2.14. The van der Waals surface area contributed by atoms with Crippen LogP contribution in [0.5, 0.6) is 0 Å². The molecular formula is C12H21N5O. The summed E-state index contributed by atoms with van der Waals surface area (Å²) in [6.45, 7) is 3.27. The van der Waals surface area contributed by atoms with Gasteiger partial charge in [0.05, 0.1) is 0 Å². The second-order valence-electron chi connectivity index (χ2n) is 4.37. The summed E-state index contributed by atoms with van der Waals surface area (Å²) in [5, 5.41) is 2.65. The Morgan fingerprint density at radius 2 is 2.33 bits per heavy atom. The largest absolute Gasteiger partial charge is 0.359 e. The SMILES string of the molecule is CNC(=O)C(C)CN(C)Cc1cccnc1NN. The standard InChI is InChI=1S/C12H21N5O/c1-9(12(18)14-2)7-17(3)8-10-5-4-6-15-11(10)16-13/h4-6,9H,7-8,13H2,1-3H3,(H,14,18)(H,15,16). The van der Waals surface area contributed by atoms with Gasteiger partial charge in [-0.1, -0.05) is 13.0 Å². The number of nitrogen functional groups attached to an aromatic ring is 1. The van der Waals surface area contributed by atoms with Gasteiger partial charge in [-0.3, -0.25) is 4.79 Å². The number of rotatable bonds is 6. The van der Waals surface area contributed by atoms with Crippen molar-refractivity contribution in [3.05, 3.63) is 23.9 Å². The van der Waals surface area contributed by atoms with Crippen LogP contribution < -0.4 is 16.6 Å². The summed E-state index contributed by atoms with van der Waals surface area (Å²) in [6.07, 6.45) is 1.69. The lowest BCUT2D eigenvalue weighted by Crippen LogP contribution is -2.34. The number of hydrogen-bond donors (Lipinski definition) is 3. The number of nitrogens with zero attached hydrogens (tertiary/aromatic N) is 2. The quantitative estimate of drug-likeness (QED) is 0.496. The van der Waals surface area contributed by atoms with Crippen molar-refractivity contribution in [2.24, 2.45) is 11.8 Å². The first-order valence-electron chi connectivity index (χ1n) is 5.89. The van der Waals surface area contributed by atoms with E-state index in [4.69, 9.17) is 5.84 Å². The topological polar surface area (TPSA) is 83.3 Å². The summed E-state index contributed by atoms with van der Waals surface area (Å²) < 4.78 is 0. The van der Waals surface area contributed by atoms with E-state index in [1.165, 1.54) is 0 Å². The van der Waals surface area contributed by atoms with Gasteiger partial charge in [0.25, 0.3) is 0 Å². The van der Waals surface area contributed by atoms with Crippen LogP contribution in [0.4, 0.5) is 5.82 Å². The van der Waals surface area contributed by atoms with Gasteiger partial charge in [0, 0.05) is 37.8 Å². The fourth-order valence-electron chi connectivity index (χ4n) is 1.85. The van der Waals surface area contributed by atoms with E-state index in [2.05, 4.69) is 20.6 Å². The molecule has 4 N–H and O–H groups in total. The van der Waals surface area contributed by atoms with Crippen molar-refractivity contribution >= 4 is 11.7 Å². The second-order valence-corrected chi connectivity index (χ2v) is 4.37. The van der Waals surface area contributed by atoms with Crippen molar-refractivity contribution < 1.29 is 4.79 Å². The van der Waals surface area contributed by atoms with Crippen LogP contribution in [-0.4, -0.2) is 36.4 Å². The second kappa shape index (κ2) is 6.93. The van der Waals surface area contributed by atoms with Gasteiger partial charge in [0.2, 0.25) is 5.91 Å². The molecule has 1 aromatic heterocycles. The van der Waals surface area contributed by atoms with Crippen LogP contribution in [0, 0.1) is 5.92 Å². The van der Waals surface area contributed by atoms with E-state index in [9.17, 15) is 4.79 Å². The first-order chi connectivity index (χ1) is 8.58. The number of nitrogens with two attached hydrogens (primary N) is 1. The molecule has 0 saturated heterocycles. The molecule has 1 rings (SSSR count). The third-order valence-corrected chi connectivity index (χ3v) is 2.75. The Balaban J connectivity index is 2.59. The van der Waals surface area contributed by atoms with Crippen LogP contribution in [0.25, 0.3) is 0 Å². The average Bonchev–Trinajstić information content (AvgIpc) is 2.38. The molecule has 1 amide bonds. The fourth-order valence-corrected chi connectivity index (χ4v) is 1.85. The normalized spacial score (nSPS) is 12.3. The molecule has 0 bridgehead atoms. The van der Waals surface area contributed by atoms with Crippen LogP contribution >= 0.6 is 0 Å². The van der Waals surface area contributed by atoms with Gasteiger partial charge in [-0.15, -0.1) is 0 Å². The van der Waals surface area contributed by atoms with Gasteiger partial charge >= 0.3 is 0 Å². The summed E-state index contributed by atoms with van der Waals surface area (Å²) >= 11 is 0. The maximum atomic E-state index is 11.4. The van der Waals surface area contributed by atoms with Crippen LogP contribution in [0.3, 0.4) is 0 Å². The Morgan fingerprint density at radius 1 is 1.61 bits per heavy atom. The minimum absolute atomic E-state index is 0.0465. The lowest BCUT2D eigenvalue weighted by Gasteiger charge is -2.21. The molecule has 0 aliphatic carbocycles. The van der Waals surface area contributed by atoms with Crippen LogP contribution in [0.1, 0.15) is 12.5 Å². The maximum absolute atomic E-state index is 11.4. The lowest BCUT2D eigenvalue weighted by molar-refractivity contribution is -0.124. The summed E-state index contributed by atoms with van der Waals surface area (Å²) in [6, 6.07) is 3.83. The first kappa shape index (κ1) is 14.4. The molecule has 0 fully saturated rings. The molecule has 0 aliphatic rings. The number of carbonyl (C=O) groups is 1. The highest BCUT2D eigenvalue weighted by atomic mass is 16.1. The van der Waals surface area contributed by atoms with E-state index in [0.717, 1.165) is 5.56 Å². The number of amides is 1. The third-order valence-electron chi connectivity index (χ3n) is 2.75. The Hall–Kier alpha value is -1.66. The lowest BCUT2D eigenvalue weighted by atomic mass is 10.1. The number of nitrogens with one attached hydrogen (secondary N) is 2. The van der Waals surface area contributed by atoms with Crippen molar-refractivity contribution in [1.82, 2.24) is 15.2 Å². The predicted octanol–water partition coefficient (Wildman–Crippen LogP) is 0.181. The number of carbonyl (C=O) groups excluding carboxylic acids is 1. The number of hydrazine groups is 1. The fraction of sp³-hybridized carbons (Fsp3) is 0.500. The summed E-state index contributed by atoms with van der Waals surface area (Å²) in [4.78, 5) is 17.6. The molecule has 1 unspecified atom stereocenters. The molecule has 1 aromatic rings. The third kappa shape index (κ3) is 3.97. The first-order valence-corrected chi connectivity index (χ1v) is 5.89. The van der Waals surface area contributed by atoms with E-state index in [1.54, 1.807) is 13.2 Å². The Kier molecular flexibility index (Phi) is 5.54. The van der Waals surface area contributed by atoms with Crippen LogP contribution in [-0.2, 0) is 11.3 Å². The van der Waals surface area contributed by atoms with E-state index >= 15 is 0 Å².